The van der Waals surface area contributed by atoms with Crippen LogP contribution in [0.4, 0.5) is 0 Å². The molecule has 6 rings (SSSR count). The summed E-state index contributed by atoms with van der Waals surface area (Å²) in [6.45, 7) is 28.1. The van der Waals surface area contributed by atoms with E-state index in [1.165, 1.54) is 55.1 Å². The standard InChI is InChI=1S/C33H34NS.C15H28O2.Ir/c1-31(2,3)25-17-21(16-20-10-8-9-11-22(20)25)29-30-23(12-15-34-29)24-18-26-27(19-28(24)35-30)33(6,7)14-13-32(26,4)5;1-7-14(5,8-2)12(16)11-13(17)15(6,9-3)10-4;/h8-12,15,17-19H,13-14H2,1-7H3;11,16H,7-10H2,1-6H3;/q-1;;/b;12-11-;/i;11D;. The molecular weight excluding hydrogens is 847 g/mol. The van der Waals surface area contributed by atoms with Crippen LogP contribution in [0, 0.1) is 16.9 Å². The summed E-state index contributed by atoms with van der Waals surface area (Å²) in [5.74, 6) is -0.288. The second-order valence-corrected chi connectivity index (χ2v) is 19.1. The van der Waals surface area contributed by atoms with Crippen molar-refractivity contribution in [2.75, 3.05) is 0 Å². The van der Waals surface area contributed by atoms with Crippen LogP contribution in [0.25, 0.3) is 42.2 Å². The van der Waals surface area contributed by atoms with Crippen LogP contribution in [0.5, 0.6) is 0 Å². The van der Waals surface area contributed by atoms with Gasteiger partial charge in [-0.2, -0.15) is 0 Å². The van der Waals surface area contributed by atoms with Crippen molar-refractivity contribution in [1.29, 1.82) is 0 Å². The molecule has 1 radical (unpaired) electrons. The number of pyridine rings is 1. The van der Waals surface area contributed by atoms with Gasteiger partial charge in [-0.05, 0) is 89.5 Å². The van der Waals surface area contributed by atoms with E-state index in [1.807, 2.05) is 59.1 Å². The Balaban J connectivity index is 0.000000294. The van der Waals surface area contributed by atoms with Gasteiger partial charge in [0.25, 0.3) is 0 Å². The molecule has 0 atom stereocenters. The molecule has 1 aliphatic carbocycles. The third kappa shape index (κ3) is 8.24. The SMILES string of the molecule is CC(C)(C)c1cc(-c2nccc3c2sc2cc4c(cc23)C(C)(C)CCC4(C)C)[c-]c2ccccc12.[2H]/C(C(=O)C(C)(CC)CC)=C(/O)C(C)(CC)CC.[Ir]. The number of hydrogen-bond donors (Lipinski definition) is 1. The maximum absolute atomic E-state index is 12.3. The molecule has 5 heteroatoms. The fourth-order valence-electron chi connectivity index (χ4n) is 7.50. The smallest absolute Gasteiger partial charge is 0.164 e. The van der Waals surface area contributed by atoms with Crippen LogP contribution in [0.15, 0.2) is 66.5 Å². The molecule has 0 bridgehead atoms. The molecule has 0 saturated carbocycles. The molecule has 0 saturated heterocycles. The van der Waals surface area contributed by atoms with E-state index in [-0.39, 0.29) is 53.9 Å². The Morgan fingerprint density at radius 3 is 1.98 bits per heavy atom. The normalized spacial score (nSPS) is 16.3. The third-order valence-electron chi connectivity index (χ3n) is 12.7. The molecule has 5 aromatic rings. The van der Waals surface area contributed by atoms with Gasteiger partial charge < -0.3 is 5.11 Å². The van der Waals surface area contributed by atoms with E-state index in [1.54, 1.807) is 0 Å². The fraction of sp³-hybridized carbons (Fsp3) is 0.500. The van der Waals surface area contributed by atoms with Crippen molar-refractivity contribution in [2.24, 2.45) is 10.8 Å². The van der Waals surface area contributed by atoms with E-state index in [4.69, 9.17) is 6.35 Å². The van der Waals surface area contributed by atoms with Crippen LogP contribution in [-0.2, 0) is 41.1 Å². The number of aliphatic hydroxyl groups is 1. The molecule has 1 N–H and O–H groups in total. The molecular formula is C48H62IrNO2S-. The van der Waals surface area contributed by atoms with Gasteiger partial charge in [0.05, 0.1) is 1.37 Å². The number of carbonyl (C=O) groups excluding carboxylic acids is 1. The number of aromatic nitrogens is 1. The van der Waals surface area contributed by atoms with Gasteiger partial charge in [0.1, 0.15) is 5.76 Å². The van der Waals surface area contributed by atoms with Crippen LogP contribution >= 0.6 is 11.3 Å². The molecule has 0 spiro atoms. The van der Waals surface area contributed by atoms with Crippen molar-refractivity contribution >= 4 is 48.1 Å². The molecule has 53 heavy (non-hydrogen) atoms. The molecule has 287 valence electrons. The van der Waals surface area contributed by atoms with E-state index < -0.39 is 10.8 Å². The fourth-order valence-corrected chi connectivity index (χ4v) is 8.72. The number of thiophene rings is 1. The van der Waals surface area contributed by atoms with Crippen LogP contribution in [0.2, 0.25) is 0 Å². The third-order valence-corrected chi connectivity index (χ3v) is 13.8. The molecule has 3 nitrogen and oxygen atoms in total. The molecule has 1 aliphatic rings. The van der Waals surface area contributed by atoms with Crippen molar-refractivity contribution in [3.63, 3.8) is 0 Å². The minimum atomic E-state index is -0.534. The van der Waals surface area contributed by atoms with Gasteiger partial charge in [0.2, 0.25) is 0 Å². The zero-order valence-corrected chi connectivity index (χ0v) is 37.7. The van der Waals surface area contributed by atoms with Crippen LogP contribution in [0.3, 0.4) is 0 Å². The van der Waals surface area contributed by atoms with Crippen LogP contribution in [0.1, 0.15) is 147 Å². The van der Waals surface area contributed by atoms with Crippen molar-refractivity contribution in [3.8, 4) is 11.3 Å². The zero-order valence-electron chi connectivity index (χ0n) is 35.5. The van der Waals surface area contributed by atoms with Gasteiger partial charge in [-0.3, -0.25) is 9.78 Å². The number of fused-ring (bicyclic) bond motifs is 5. The Morgan fingerprint density at radius 2 is 1.42 bits per heavy atom. The Labute approximate surface area is 338 Å². The minimum absolute atomic E-state index is 0. The first-order valence-corrected chi connectivity index (χ1v) is 20.3. The number of ketones is 1. The quantitative estimate of drug-likeness (QED) is 0.0959. The van der Waals surface area contributed by atoms with Gasteiger partial charge in [-0.15, -0.1) is 40.5 Å². The largest absolute Gasteiger partial charge is 0.512 e. The molecule has 0 aliphatic heterocycles. The Hall–Kier alpha value is -2.85. The topological polar surface area (TPSA) is 50.2 Å². The first kappa shape index (κ1) is 41.3. The van der Waals surface area contributed by atoms with Crippen molar-refractivity contribution < 1.29 is 31.4 Å². The van der Waals surface area contributed by atoms with E-state index >= 15 is 0 Å². The van der Waals surface area contributed by atoms with E-state index in [0.29, 0.717) is 12.8 Å². The molecule has 0 unspecified atom stereocenters. The average Bonchev–Trinajstić information content (AvgIpc) is 3.52. The number of aliphatic hydroxyl groups excluding tert-OH is 1. The second kappa shape index (κ2) is 15.7. The maximum atomic E-state index is 12.3. The molecule has 0 amide bonds. The predicted molar refractivity (Wildman–Crippen MR) is 226 cm³/mol. The van der Waals surface area contributed by atoms with Gasteiger partial charge >= 0.3 is 0 Å². The van der Waals surface area contributed by atoms with Crippen molar-refractivity contribution in [3.05, 3.63) is 89.3 Å². The Morgan fingerprint density at radius 1 is 0.849 bits per heavy atom. The van der Waals surface area contributed by atoms with Crippen LogP contribution in [-0.4, -0.2) is 15.9 Å². The molecule has 0 fully saturated rings. The maximum Gasteiger partial charge on any atom is 0.164 e. The molecule has 2 aromatic heterocycles. The predicted octanol–water partition coefficient (Wildman–Crippen LogP) is 14.4. The summed E-state index contributed by atoms with van der Waals surface area (Å²) in [6.07, 6.45) is 7.27. The van der Waals surface area contributed by atoms with Gasteiger partial charge in [0, 0.05) is 63.7 Å². The van der Waals surface area contributed by atoms with Crippen molar-refractivity contribution in [2.45, 2.75) is 145 Å². The Kier molecular flexibility index (Phi) is 12.3. The van der Waals surface area contributed by atoms with Gasteiger partial charge in [-0.1, -0.05) is 119 Å². The van der Waals surface area contributed by atoms with E-state index in [0.717, 1.165) is 29.5 Å². The van der Waals surface area contributed by atoms with E-state index in [2.05, 4.69) is 103 Å². The summed E-state index contributed by atoms with van der Waals surface area (Å²) in [6, 6.07) is 21.7. The summed E-state index contributed by atoms with van der Waals surface area (Å²) in [7, 11) is 0. The average molecular weight is 910 g/mol. The number of hydrogen-bond acceptors (Lipinski definition) is 4. The monoisotopic (exact) mass is 910 g/mol. The summed E-state index contributed by atoms with van der Waals surface area (Å²) >= 11 is 1.89. The number of rotatable bonds is 8. The summed E-state index contributed by atoms with van der Waals surface area (Å²) in [5.41, 5.74) is 5.99. The number of carbonyl (C=O) groups is 1. The second-order valence-electron chi connectivity index (χ2n) is 18.0. The van der Waals surface area contributed by atoms with Crippen LogP contribution < -0.4 is 0 Å². The summed E-state index contributed by atoms with van der Waals surface area (Å²) in [4.78, 5) is 17.3. The number of nitrogens with zero attached hydrogens (tertiary/aromatic N) is 1. The first-order chi connectivity index (χ1) is 24.7. The van der Waals surface area contributed by atoms with Gasteiger partial charge in [0.15, 0.2) is 5.78 Å². The zero-order chi connectivity index (χ0) is 39.3. The number of benzene rings is 3. The van der Waals surface area contributed by atoms with E-state index in [9.17, 15) is 9.90 Å². The Bertz CT molecular complexity index is 2190. The first-order valence-electron chi connectivity index (χ1n) is 19.9. The summed E-state index contributed by atoms with van der Waals surface area (Å²) in [5, 5.41) is 15.4. The summed E-state index contributed by atoms with van der Waals surface area (Å²) < 4.78 is 10.6. The molecule has 2 heterocycles. The minimum Gasteiger partial charge on any atom is -0.512 e. The van der Waals surface area contributed by atoms with Crippen molar-refractivity contribution in [1.82, 2.24) is 4.98 Å². The number of allylic oxidation sites excluding steroid dienone is 2. The van der Waals surface area contributed by atoms with Gasteiger partial charge in [-0.25, -0.2) is 0 Å². The molecule has 3 aromatic carbocycles.